The molecule has 0 aliphatic heterocycles. The molecule has 1 unspecified atom stereocenters. The van der Waals surface area contributed by atoms with Gasteiger partial charge in [0.1, 0.15) is 5.25 Å². The fourth-order valence-corrected chi connectivity index (χ4v) is 5.83. The molecule has 1 aliphatic rings. The highest BCUT2D eigenvalue weighted by Gasteiger charge is 2.42. The molecule has 6 nitrogen and oxygen atoms in total. The van der Waals surface area contributed by atoms with E-state index < -0.39 is 32.2 Å². The van der Waals surface area contributed by atoms with Gasteiger partial charge in [-0.05, 0) is 25.7 Å². The van der Waals surface area contributed by atoms with Crippen LogP contribution in [0.25, 0.3) is 0 Å². The standard InChI is InChI=1S/C16H29NO5S/c1-4-17(11-10-14(18)19)16(20)15(12(2)3)23(21,22)13-8-6-5-7-9-13/h12-13,15H,4-11H2,1-3H3,(H,18,19). The summed E-state index contributed by atoms with van der Waals surface area (Å²) in [7, 11) is -3.55. The number of hydrogen-bond acceptors (Lipinski definition) is 4. The van der Waals surface area contributed by atoms with Crippen molar-refractivity contribution in [3.8, 4) is 0 Å². The highest BCUT2D eigenvalue weighted by Crippen LogP contribution is 2.29. The summed E-state index contributed by atoms with van der Waals surface area (Å²) < 4.78 is 25.9. The van der Waals surface area contributed by atoms with Crippen LogP contribution < -0.4 is 0 Å². The Morgan fingerprint density at radius 1 is 1.17 bits per heavy atom. The highest BCUT2D eigenvalue weighted by molar-refractivity contribution is 7.93. The number of nitrogens with zero attached hydrogens (tertiary/aromatic N) is 1. The van der Waals surface area contributed by atoms with E-state index in [0.29, 0.717) is 19.4 Å². The van der Waals surface area contributed by atoms with Crippen LogP contribution in [0.4, 0.5) is 0 Å². The van der Waals surface area contributed by atoms with E-state index in [9.17, 15) is 18.0 Å². The number of amides is 1. The molecule has 1 fully saturated rings. The largest absolute Gasteiger partial charge is 0.481 e. The van der Waals surface area contributed by atoms with Gasteiger partial charge in [0.2, 0.25) is 5.91 Å². The first-order chi connectivity index (χ1) is 10.7. The van der Waals surface area contributed by atoms with Gasteiger partial charge < -0.3 is 10.0 Å². The zero-order chi connectivity index (χ0) is 17.6. The summed E-state index contributed by atoms with van der Waals surface area (Å²) in [6.07, 6.45) is 3.90. The summed E-state index contributed by atoms with van der Waals surface area (Å²) in [5, 5.41) is 7.29. The van der Waals surface area contributed by atoms with Crippen LogP contribution in [0.3, 0.4) is 0 Å². The molecule has 1 amide bonds. The predicted molar refractivity (Wildman–Crippen MR) is 88.9 cm³/mol. The van der Waals surface area contributed by atoms with E-state index in [2.05, 4.69) is 0 Å². The molecule has 23 heavy (non-hydrogen) atoms. The molecule has 1 atom stereocenters. The molecule has 0 radical (unpaired) electrons. The van der Waals surface area contributed by atoms with E-state index >= 15 is 0 Å². The van der Waals surface area contributed by atoms with Crippen molar-refractivity contribution in [2.24, 2.45) is 5.92 Å². The number of hydrogen-bond donors (Lipinski definition) is 1. The molecule has 0 bridgehead atoms. The average molecular weight is 347 g/mol. The van der Waals surface area contributed by atoms with Gasteiger partial charge in [0.15, 0.2) is 9.84 Å². The number of carbonyl (C=O) groups is 2. The normalized spacial score (nSPS) is 17.9. The Kier molecular flexibility index (Phi) is 7.51. The van der Waals surface area contributed by atoms with Gasteiger partial charge in [-0.25, -0.2) is 8.42 Å². The predicted octanol–water partition coefficient (Wildman–Crippen LogP) is 2.08. The molecular formula is C16H29NO5S. The van der Waals surface area contributed by atoms with Crippen molar-refractivity contribution in [2.75, 3.05) is 13.1 Å². The molecule has 1 aliphatic carbocycles. The number of aliphatic carboxylic acids is 1. The second-order valence-electron chi connectivity index (χ2n) is 6.58. The fourth-order valence-electron chi connectivity index (χ4n) is 3.24. The van der Waals surface area contributed by atoms with Crippen molar-refractivity contribution in [2.45, 2.75) is 69.8 Å². The summed E-state index contributed by atoms with van der Waals surface area (Å²) in [5.74, 6) is -1.77. The molecule has 1 saturated carbocycles. The van der Waals surface area contributed by atoms with E-state index in [1.165, 1.54) is 4.90 Å². The molecule has 0 heterocycles. The number of sulfone groups is 1. The van der Waals surface area contributed by atoms with E-state index in [-0.39, 0.29) is 18.9 Å². The zero-order valence-electron chi connectivity index (χ0n) is 14.3. The van der Waals surface area contributed by atoms with Crippen molar-refractivity contribution in [3.05, 3.63) is 0 Å². The van der Waals surface area contributed by atoms with E-state index in [4.69, 9.17) is 5.11 Å². The number of carboxylic acids is 1. The van der Waals surface area contributed by atoms with Gasteiger partial charge in [-0.1, -0.05) is 33.1 Å². The quantitative estimate of drug-likeness (QED) is 0.726. The molecule has 134 valence electrons. The minimum atomic E-state index is -3.55. The van der Waals surface area contributed by atoms with Crippen LogP contribution in [0.1, 0.15) is 59.3 Å². The minimum absolute atomic E-state index is 0.0497. The molecule has 1 N–H and O–H groups in total. The number of carbonyl (C=O) groups excluding carboxylic acids is 1. The van der Waals surface area contributed by atoms with Crippen LogP contribution in [-0.2, 0) is 19.4 Å². The lowest BCUT2D eigenvalue weighted by molar-refractivity contribution is -0.138. The van der Waals surface area contributed by atoms with Gasteiger partial charge in [0, 0.05) is 13.1 Å². The lowest BCUT2D eigenvalue weighted by Crippen LogP contribution is -2.49. The van der Waals surface area contributed by atoms with Crippen LogP contribution in [-0.4, -0.2) is 53.9 Å². The molecule has 0 saturated heterocycles. The van der Waals surface area contributed by atoms with Crippen molar-refractivity contribution in [1.29, 1.82) is 0 Å². The van der Waals surface area contributed by atoms with Gasteiger partial charge in [0.05, 0.1) is 11.7 Å². The Morgan fingerprint density at radius 3 is 2.17 bits per heavy atom. The van der Waals surface area contributed by atoms with Crippen LogP contribution in [0.5, 0.6) is 0 Å². The Balaban J connectivity index is 2.98. The third-order valence-corrected chi connectivity index (χ3v) is 7.36. The first-order valence-corrected chi connectivity index (χ1v) is 10.1. The third-order valence-electron chi connectivity index (χ3n) is 4.51. The van der Waals surface area contributed by atoms with Crippen molar-refractivity contribution in [3.63, 3.8) is 0 Å². The monoisotopic (exact) mass is 347 g/mol. The molecule has 0 aromatic carbocycles. The molecule has 0 aromatic rings. The maximum absolute atomic E-state index is 13.0. The lowest BCUT2D eigenvalue weighted by atomic mass is 10.0. The molecular weight excluding hydrogens is 318 g/mol. The summed E-state index contributed by atoms with van der Waals surface area (Å²) in [4.78, 5) is 24.9. The van der Waals surface area contributed by atoms with Crippen molar-refractivity contribution in [1.82, 2.24) is 4.90 Å². The smallest absolute Gasteiger partial charge is 0.305 e. The second kappa shape index (κ2) is 8.66. The molecule has 7 heteroatoms. The summed E-state index contributed by atoms with van der Waals surface area (Å²) >= 11 is 0. The molecule has 0 spiro atoms. The van der Waals surface area contributed by atoms with Crippen LogP contribution in [0, 0.1) is 5.92 Å². The van der Waals surface area contributed by atoms with Crippen molar-refractivity contribution < 1.29 is 23.1 Å². The van der Waals surface area contributed by atoms with Crippen LogP contribution in [0.15, 0.2) is 0 Å². The van der Waals surface area contributed by atoms with E-state index in [0.717, 1.165) is 19.3 Å². The maximum atomic E-state index is 13.0. The van der Waals surface area contributed by atoms with E-state index in [1.807, 2.05) is 0 Å². The Labute approximate surface area is 139 Å². The zero-order valence-corrected chi connectivity index (χ0v) is 15.1. The van der Waals surface area contributed by atoms with Gasteiger partial charge in [-0.3, -0.25) is 9.59 Å². The maximum Gasteiger partial charge on any atom is 0.305 e. The number of carboxylic acid groups (broad SMARTS) is 1. The molecule has 1 rings (SSSR count). The highest BCUT2D eigenvalue weighted by atomic mass is 32.2. The summed E-state index contributed by atoms with van der Waals surface area (Å²) in [6, 6.07) is 0. The lowest BCUT2D eigenvalue weighted by Gasteiger charge is -2.32. The Bertz CT molecular complexity index is 509. The van der Waals surface area contributed by atoms with Crippen LogP contribution in [0.2, 0.25) is 0 Å². The Hall–Kier alpha value is -1.11. The second-order valence-corrected chi connectivity index (χ2v) is 8.93. The van der Waals surface area contributed by atoms with Gasteiger partial charge in [0.25, 0.3) is 0 Å². The number of rotatable bonds is 8. The fraction of sp³-hybridized carbons (Fsp3) is 0.875. The topological polar surface area (TPSA) is 91.8 Å². The van der Waals surface area contributed by atoms with Gasteiger partial charge >= 0.3 is 5.97 Å². The molecule has 0 aromatic heterocycles. The average Bonchev–Trinajstić information content (AvgIpc) is 2.47. The summed E-state index contributed by atoms with van der Waals surface area (Å²) in [5.41, 5.74) is 0. The van der Waals surface area contributed by atoms with Gasteiger partial charge in [-0.15, -0.1) is 0 Å². The Morgan fingerprint density at radius 2 is 1.74 bits per heavy atom. The van der Waals surface area contributed by atoms with Gasteiger partial charge in [-0.2, -0.15) is 0 Å². The SMILES string of the molecule is CCN(CCC(=O)O)C(=O)C(C(C)C)S(=O)(=O)C1CCCCC1. The minimum Gasteiger partial charge on any atom is -0.481 e. The summed E-state index contributed by atoms with van der Waals surface area (Å²) in [6.45, 7) is 5.59. The first-order valence-electron chi connectivity index (χ1n) is 8.45. The third kappa shape index (κ3) is 5.19. The van der Waals surface area contributed by atoms with Crippen LogP contribution >= 0.6 is 0 Å². The first kappa shape index (κ1) is 19.9. The van der Waals surface area contributed by atoms with E-state index in [1.54, 1.807) is 20.8 Å². The van der Waals surface area contributed by atoms with Crippen molar-refractivity contribution >= 4 is 21.7 Å².